The number of nitrogens with one attached hydrogen (secondary N) is 1. The molecule has 1 amide bonds. The number of ether oxygens (including phenoxy) is 2. The van der Waals surface area contributed by atoms with Crippen LogP contribution >= 0.6 is 11.6 Å². The molecule has 0 radical (unpaired) electrons. The average Bonchev–Trinajstić information content (AvgIpc) is 3.09. The Kier molecular flexibility index (Phi) is 5.87. The molecule has 1 N–H and O–H groups in total. The van der Waals surface area contributed by atoms with Gasteiger partial charge in [0.05, 0.1) is 13.7 Å². The Morgan fingerprint density at radius 1 is 1.13 bits per heavy atom. The summed E-state index contributed by atoms with van der Waals surface area (Å²) in [4.78, 5) is 16.2. The lowest BCUT2D eigenvalue weighted by Crippen LogP contribution is -2.26. The van der Waals surface area contributed by atoms with Crippen molar-refractivity contribution in [1.82, 2.24) is 10.3 Å². The zero-order valence-corrected chi connectivity index (χ0v) is 17.1. The van der Waals surface area contributed by atoms with Gasteiger partial charge in [0.25, 0.3) is 0 Å². The highest BCUT2D eigenvalue weighted by Gasteiger charge is 2.28. The first kappa shape index (κ1) is 19.8. The lowest BCUT2D eigenvalue weighted by Gasteiger charge is -2.14. The average molecular weight is 419 g/mol. The van der Waals surface area contributed by atoms with E-state index < -0.39 is 6.09 Å². The van der Waals surface area contributed by atoms with Gasteiger partial charge in [-0.15, -0.1) is 0 Å². The number of aromatic nitrogens is 1. The molecule has 2 aromatic carbocycles. The van der Waals surface area contributed by atoms with Crippen molar-refractivity contribution in [2.24, 2.45) is 0 Å². The van der Waals surface area contributed by atoms with Crippen molar-refractivity contribution >= 4 is 17.7 Å². The topological polar surface area (TPSA) is 60.5 Å². The van der Waals surface area contributed by atoms with Crippen LogP contribution in [0.3, 0.4) is 0 Å². The van der Waals surface area contributed by atoms with Gasteiger partial charge >= 0.3 is 6.09 Å². The second-order valence-corrected chi connectivity index (χ2v) is 7.10. The number of pyridine rings is 1. The number of halogens is 1. The number of hydrogen-bond donors (Lipinski definition) is 1. The van der Waals surface area contributed by atoms with Gasteiger partial charge in [-0.3, -0.25) is 0 Å². The zero-order valence-electron chi connectivity index (χ0n) is 16.3. The molecule has 1 aliphatic rings. The predicted molar refractivity (Wildman–Crippen MR) is 116 cm³/mol. The third-order valence-corrected chi connectivity index (χ3v) is 5.17. The molecule has 1 aliphatic carbocycles. The molecule has 0 atom stereocenters. The van der Waals surface area contributed by atoms with Gasteiger partial charge < -0.3 is 14.8 Å². The van der Waals surface area contributed by atoms with E-state index in [0.717, 1.165) is 0 Å². The van der Waals surface area contributed by atoms with Crippen molar-refractivity contribution < 1.29 is 14.3 Å². The minimum Gasteiger partial charge on any atom is -0.480 e. The van der Waals surface area contributed by atoms with E-state index >= 15 is 0 Å². The lowest BCUT2D eigenvalue weighted by atomic mass is 9.98. The molecule has 30 heavy (non-hydrogen) atoms. The first-order valence-electron chi connectivity index (χ1n) is 9.44. The van der Waals surface area contributed by atoms with E-state index in [2.05, 4.69) is 46.4 Å². The van der Waals surface area contributed by atoms with Gasteiger partial charge in [-0.2, -0.15) is 0 Å². The summed E-state index contributed by atoms with van der Waals surface area (Å²) in [7, 11) is 1.50. The molecule has 4 rings (SSSR count). The molecule has 5 nitrogen and oxygen atoms in total. The fourth-order valence-electron chi connectivity index (χ4n) is 3.56. The van der Waals surface area contributed by atoms with Crippen molar-refractivity contribution in [3.63, 3.8) is 0 Å². The van der Waals surface area contributed by atoms with Gasteiger partial charge in [0, 0.05) is 17.7 Å². The van der Waals surface area contributed by atoms with Crippen molar-refractivity contribution in [2.75, 3.05) is 20.3 Å². The molecule has 150 valence electrons. The third-order valence-electron chi connectivity index (χ3n) is 4.90. The van der Waals surface area contributed by atoms with Crippen LogP contribution < -0.4 is 10.1 Å². The normalized spacial score (nSPS) is 11.7. The van der Waals surface area contributed by atoms with E-state index in [9.17, 15) is 4.79 Å². The Labute approximate surface area is 180 Å². The van der Waals surface area contributed by atoms with Crippen LogP contribution in [0.2, 0.25) is 5.02 Å². The second-order valence-electron chi connectivity index (χ2n) is 6.70. The highest BCUT2D eigenvalue weighted by Crippen LogP contribution is 2.44. The number of amides is 1. The molecule has 6 heteroatoms. The van der Waals surface area contributed by atoms with Gasteiger partial charge in [-0.05, 0) is 28.3 Å². The van der Waals surface area contributed by atoms with Gasteiger partial charge in [0.1, 0.15) is 11.6 Å². The minimum absolute atomic E-state index is 0.0294. The second kappa shape index (κ2) is 8.89. The number of hydrogen-bond acceptors (Lipinski definition) is 4. The highest BCUT2D eigenvalue weighted by molar-refractivity contribution is 6.31. The summed E-state index contributed by atoms with van der Waals surface area (Å²) in [6.45, 7) is 0.422. The summed E-state index contributed by atoms with van der Waals surface area (Å²) in [5, 5.41) is 3.03. The van der Waals surface area contributed by atoms with Crippen LogP contribution in [0.1, 0.15) is 22.6 Å². The fourth-order valence-corrected chi connectivity index (χ4v) is 3.80. The summed E-state index contributed by atoms with van der Waals surface area (Å²) < 4.78 is 10.5. The smallest absolute Gasteiger partial charge is 0.407 e. The predicted octanol–water partition coefficient (Wildman–Crippen LogP) is 4.63. The number of carbonyl (C=O) groups excluding carboxylic acids is 1. The van der Waals surface area contributed by atoms with Crippen molar-refractivity contribution in [2.45, 2.75) is 5.92 Å². The van der Waals surface area contributed by atoms with Crippen LogP contribution in [0.15, 0.2) is 60.8 Å². The summed E-state index contributed by atoms with van der Waals surface area (Å²) in [6.07, 6.45) is 1.06. The lowest BCUT2D eigenvalue weighted by molar-refractivity contribution is 0.144. The van der Waals surface area contributed by atoms with Crippen LogP contribution in [0.4, 0.5) is 4.79 Å². The Morgan fingerprint density at radius 3 is 2.43 bits per heavy atom. The quantitative estimate of drug-likeness (QED) is 0.627. The molecular weight excluding hydrogens is 400 g/mol. The van der Waals surface area contributed by atoms with Crippen LogP contribution in [0.5, 0.6) is 5.88 Å². The Balaban J connectivity index is 1.33. The van der Waals surface area contributed by atoms with E-state index in [4.69, 9.17) is 21.1 Å². The van der Waals surface area contributed by atoms with E-state index in [-0.39, 0.29) is 19.1 Å². The maximum atomic E-state index is 12.1. The van der Waals surface area contributed by atoms with E-state index in [1.165, 1.54) is 29.4 Å². The molecule has 0 spiro atoms. The fraction of sp³-hybridized carbons (Fsp3) is 0.167. The maximum Gasteiger partial charge on any atom is 0.407 e. The number of carbonyl (C=O) groups is 1. The van der Waals surface area contributed by atoms with Gasteiger partial charge in [0.15, 0.2) is 0 Å². The first-order chi connectivity index (χ1) is 14.7. The first-order valence-corrected chi connectivity index (χ1v) is 9.82. The van der Waals surface area contributed by atoms with Crippen LogP contribution in [-0.2, 0) is 4.74 Å². The number of benzene rings is 2. The number of rotatable bonds is 4. The number of nitrogens with zero attached hydrogens (tertiary/aromatic N) is 1. The highest BCUT2D eigenvalue weighted by atomic mass is 35.5. The number of methoxy groups -OCH3 is 1. The molecular formula is C24H19ClN2O3. The monoisotopic (exact) mass is 418 g/mol. The Bertz CT molecular complexity index is 1100. The Hall–Kier alpha value is -3.49. The zero-order chi connectivity index (χ0) is 20.9. The summed E-state index contributed by atoms with van der Waals surface area (Å²) >= 11 is 6.02. The van der Waals surface area contributed by atoms with Crippen molar-refractivity contribution in [3.05, 3.63) is 82.5 Å². The molecule has 3 aromatic rings. The molecule has 0 saturated carbocycles. The molecule has 0 aliphatic heterocycles. The van der Waals surface area contributed by atoms with E-state index in [0.29, 0.717) is 16.5 Å². The number of alkyl carbamates (subject to hydrolysis) is 1. The van der Waals surface area contributed by atoms with Crippen molar-refractivity contribution in [1.29, 1.82) is 0 Å². The molecule has 0 bridgehead atoms. The van der Waals surface area contributed by atoms with E-state index in [1.807, 2.05) is 24.3 Å². The van der Waals surface area contributed by atoms with Crippen LogP contribution in [0, 0.1) is 11.8 Å². The molecule has 1 heterocycles. The van der Waals surface area contributed by atoms with Crippen LogP contribution in [-0.4, -0.2) is 31.3 Å². The summed E-state index contributed by atoms with van der Waals surface area (Å²) in [5.41, 5.74) is 5.37. The summed E-state index contributed by atoms with van der Waals surface area (Å²) in [6, 6.07) is 18.1. The third kappa shape index (κ3) is 4.10. The summed E-state index contributed by atoms with van der Waals surface area (Å²) in [5.74, 6) is 6.12. The maximum absolute atomic E-state index is 12.1. The SMILES string of the molecule is COc1ncc(C#CCNC(=O)OCC2c3ccccc3-c3ccccc32)cc1Cl. The molecule has 1 aromatic heterocycles. The van der Waals surface area contributed by atoms with Gasteiger partial charge in [0.2, 0.25) is 5.88 Å². The largest absolute Gasteiger partial charge is 0.480 e. The standard InChI is InChI=1S/C24H19ClN2O3/c1-29-23-22(25)13-16(14-27-23)7-6-12-26-24(28)30-15-21-19-10-4-2-8-17(19)18-9-3-5-11-20(18)21/h2-5,8-11,13-14,21H,12,15H2,1H3,(H,26,28). The van der Waals surface area contributed by atoms with Gasteiger partial charge in [-0.1, -0.05) is 72.0 Å². The van der Waals surface area contributed by atoms with E-state index in [1.54, 1.807) is 12.3 Å². The van der Waals surface area contributed by atoms with Gasteiger partial charge in [-0.25, -0.2) is 9.78 Å². The molecule has 0 fully saturated rings. The van der Waals surface area contributed by atoms with Crippen LogP contribution in [0.25, 0.3) is 11.1 Å². The number of fused-ring (bicyclic) bond motifs is 3. The minimum atomic E-state index is -0.503. The Morgan fingerprint density at radius 2 is 1.80 bits per heavy atom. The van der Waals surface area contributed by atoms with Crippen molar-refractivity contribution in [3.8, 4) is 28.8 Å². The molecule has 0 saturated heterocycles. The molecule has 0 unspecified atom stereocenters.